The molecule has 0 radical (unpaired) electrons. The predicted molar refractivity (Wildman–Crippen MR) is 69.7 cm³/mol. The Balaban J connectivity index is 2.27. The van der Waals surface area contributed by atoms with Crippen LogP contribution in [0.15, 0.2) is 23.1 Å². The molecule has 2 rings (SSSR count). The molecule has 0 saturated heterocycles. The van der Waals surface area contributed by atoms with Crippen LogP contribution < -0.4 is 4.72 Å². The lowest BCUT2D eigenvalue weighted by molar-refractivity contribution is -0.0645. The smallest absolute Gasteiger partial charge is 0.243 e. The van der Waals surface area contributed by atoms with E-state index < -0.39 is 27.4 Å². The van der Waals surface area contributed by atoms with Gasteiger partial charge in [0.25, 0.3) is 0 Å². The van der Waals surface area contributed by atoms with Crippen LogP contribution in [0.25, 0.3) is 0 Å². The molecule has 4 nitrogen and oxygen atoms in total. The van der Waals surface area contributed by atoms with Crippen LogP contribution >= 0.6 is 0 Å². The second-order valence-corrected chi connectivity index (χ2v) is 7.36. The molecule has 0 spiro atoms. The third kappa shape index (κ3) is 2.52. The summed E-state index contributed by atoms with van der Waals surface area (Å²) in [5.41, 5.74) is 0.141. The second kappa shape index (κ2) is 4.54. The molecule has 2 unspecified atom stereocenters. The van der Waals surface area contributed by atoms with Gasteiger partial charge in [-0.3, -0.25) is 0 Å². The van der Waals surface area contributed by atoms with E-state index in [2.05, 4.69) is 4.72 Å². The fourth-order valence-electron chi connectivity index (χ4n) is 2.17. The number of halogens is 1. The lowest BCUT2D eigenvalue weighted by atomic mass is 9.65. The minimum atomic E-state index is -3.90. The Labute approximate surface area is 112 Å². The maximum absolute atomic E-state index is 13.6. The van der Waals surface area contributed by atoms with E-state index in [4.69, 9.17) is 0 Å². The van der Waals surface area contributed by atoms with Gasteiger partial charge in [-0.2, -0.15) is 0 Å². The van der Waals surface area contributed by atoms with Crippen molar-refractivity contribution in [1.82, 2.24) is 4.72 Å². The molecule has 1 fully saturated rings. The molecular formula is C13H18FNO3S. The zero-order chi connectivity index (χ0) is 14.4. The minimum absolute atomic E-state index is 0.343. The van der Waals surface area contributed by atoms with Crippen LogP contribution in [0.1, 0.15) is 25.8 Å². The van der Waals surface area contributed by atoms with Crippen molar-refractivity contribution in [2.45, 2.75) is 44.2 Å². The van der Waals surface area contributed by atoms with Crippen LogP contribution in [-0.4, -0.2) is 25.7 Å². The Bertz CT molecular complexity index is 598. The van der Waals surface area contributed by atoms with Gasteiger partial charge in [0.1, 0.15) is 10.7 Å². The van der Waals surface area contributed by atoms with E-state index in [1.807, 2.05) is 0 Å². The van der Waals surface area contributed by atoms with E-state index >= 15 is 0 Å². The molecule has 6 heteroatoms. The highest BCUT2D eigenvalue weighted by Crippen LogP contribution is 2.41. The van der Waals surface area contributed by atoms with Crippen LogP contribution in [0.2, 0.25) is 0 Å². The van der Waals surface area contributed by atoms with Gasteiger partial charge in [0.2, 0.25) is 10.0 Å². The van der Waals surface area contributed by atoms with Crippen LogP contribution in [0, 0.1) is 18.2 Å². The lowest BCUT2D eigenvalue weighted by Gasteiger charge is -2.49. The number of sulfonamides is 1. The van der Waals surface area contributed by atoms with Gasteiger partial charge in [-0.15, -0.1) is 0 Å². The van der Waals surface area contributed by atoms with Crippen LogP contribution in [0.5, 0.6) is 0 Å². The zero-order valence-corrected chi connectivity index (χ0v) is 12.0. The van der Waals surface area contributed by atoms with Crippen molar-refractivity contribution >= 4 is 10.0 Å². The van der Waals surface area contributed by atoms with Crippen molar-refractivity contribution in [3.8, 4) is 0 Å². The summed E-state index contributed by atoms with van der Waals surface area (Å²) in [5.74, 6) is -0.768. The molecule has 1 aliphatic carbocycles. The molecule has 19 heavy (non-hydrogen) atoms. The van der Waals surface area contributed by atoms with E-state index in [0.717, 1.165) is 6.07 Å². The van der Waals surface area contributed by atoms with E-state index in [1.165, 1.54) is 12.1 Å². The van der Waals surface area contributed by atoms with Gasteiger partial charge in [0.05, 0.1) is 6.10 Å². The Morgan fingerprint density at radius 2 is 2.05 bits per heavy atom. The van der Waals surface area contributed by atoms with E-state index in [9.17, 15) is 17.9 Å². The predicted octanol–water partition coefficient (Wildman–Crippen LogP) is 1.57. The normalized spacial score (nSPS) is 25.9. The van der Waals surface area contributed by atoms with Crippen LogP contribution in [0.3, 0.4) is 0 Å². The third-order valence-electron chi connectivity index (χ3n) is 3.89. The number of aliphatic hydroxyl groups is 1. The van der Waals surface area contributed by atoms with Gasteiger partial charge in [0.15, 0.2) is 0 Å². The van der Waals surface area contributed by atoms with Gasteiger partial charge >= 0.3 is 0 Å². The Morgan fingerprint density at radius 3 is 2.58 bits per heavy atom. The third-order valence-corrected chi connectivity index (χ3v) is 5.38. The quantitative estimate of drug-likeness (QED) is 0.887. The van der Waals surface area contributed by atoms with Gasteiger partial charge in [-0.05, 0) is 31.0 Å². The Hall–Kier alpha value is -0.980. The maximum atomic E-state index is 13.6. The number of hydrogen-bond donors (Lipinski definition) is 2. The molecule has 0 bridgehead atoms. The molecule has 106 valence electrons. The summed E-state index contributed by atoms with van der Waals surface area (Å²) in [6.07, 6.45) is -0.192. The average molecular weight is 287 g/mol. The first kappa shape index (κ1) is 14.4. The van der Waals surface area contributed by atoms with Gasteiger partial charge in [0, 0.05) is 11.5 Å². The van der Waals surface area contributed by atoms with Crippen molar-refractivity contribution in [1.29, 1.82) is 0 Å². The maximum Gasteiger partial charge on any atom is 0.243 e. The van der Waals surface area contributed by atoms with Gasteiger partial charge < -0.3 is 5.11 Å². The molecule has 0 amide bonds. The standard InChI is InChI=1S/C13H18FNO3S/c1-8-4-5-9(14)10(6-8)19(17,18)15-11-7-12(16)13(11,2)3/h4-6,11-12,15-16H,7H2,1-3H3. The number of aliphatic hydroxyl groups excluding tert-OH is 1. The SMILES string of the molecule is Cc1ccc(F)c(S(=O)(=O)NC2CC(O)C2(C)C)c1. The molecule has 0 heterocycles. The largest absolute Gasteiger partial charge is 0.392 e. The molecule has 1 aromatic rings. The fourth-order valence-corrected chi connectivity index (χ4v) is 3.74. The second-order valence-electron chi connectivity index (χ2n) is 5.68. The molecule has 1 aromatic carbocycles. The number of aryl methyl sites for hydroxylation is 1. The highest BCUT2D eigenvalue weighted by atomic mass is 32.2. The fraction of sp³-hybridized carbons (Fsp3) is 0.538. The summed E-state index contributed by atoms with van der Waals surface area (Å²) < 4.78 is 40.4. The van der Waals surface area contributed by atoms with E-state index in [-0.39, 0.29) is 10.9 Å². The van der Waals surface area contributed by atoms with E-state index in [0.29, 0.717) is 12.0 Å². The van der Waals surface area contributed by atoms with Crippen molar-refractivity contribution in [2.75, 3.05) is 0 Å². The summed E-state index contributed by atoms with van der Waals surface area (Å²) in [4.78, 5) is -0.343. The first-order valence-electron chi connectivity index (χ1n) is 6.11. The molecule has 2 atom stereocenters. The zero-order valence-electron chi connectivity index (χ0n) is 11.1. The number of hydrogen-bond acceptors (Lipinski definition) is 3. The minimum Gasteiger partial charge on any atom is -0.392 e. The van der Waals surface area contributed by atoms with Crippen molar-refractivity contribution in [3.63, 3.8) is 0 Å². The van der Waals surface area contributed by atoms with Gasteiger partial charge in [-0.1, -0.05) is 19.9 Å². The Morgan fingerprint density at radius 1 is 1.42 bits per heavy atom. The number of benzene rings is 1. The molecule has 0 aromatic heterocycles. The van der Waals surface area contributed by atoms with Crippen molar-refractivity contribution < 1.29 is 17.9 Å². The summed E-state index contributed by atoms with van der Waals surface area (Å²) in [6.45, 7) is 5.26. The highest BCUT2D eigenvalue weighted by Gasteiger charge is 2.49. The average Bonchev–Trinajstić information content (AvgIpc) is 2.31. The molecule has 1 aliphatic rings. The molecule has 2 N–H and O–H groups in total. The topological polar surface area (TPSA) is 66.4 Å². The summed E-state index contributed by atoms with van der Waals surface area (Å²) >= 11 is 0. The monoisotopic (exact) mass is 287 g/mol. The van der Waals surface area contributed by atoms with Gasteiger partial charge in [-0.25, -0.2) is 17.5 Å². The van der Waals surface area contributed by atoms with Crippen LogP contribution in [0.4, 0.5) is 4.39 Å². The van der Waals surface area contributed by atoms with Crippen molar-refractivity contribution in [3.05, 3.63) is 29.6 Å². The number of nitrogens with one attached hydrogen (secondary N) is 1. The lowest BCUT2D eigenvalue weighted by Crippen LogP contribution is -2.61. The molecule has 1 saturated carbocycles. The van der Waals surface area contributed by atoms with Crippen molar-refractivity contribution in [2.24, 2.45) is 5.41 Å². The Kier molecular flexibility index (Phi) is 3.45. The summed E-state index contributed by atoms with van der Waals surface area (Å²) in [6, 6.07) is 3.59. The van der Waals surface area contributed by atoms with Crippen LogP contribution in [-0.2, 0) is 10.0 Å². The summed E-state index contributed by atoms with van der Waals surface area (Å²) in [7, 11) is -3.90. The van der Waals surface area contributed by atoms with E-state index in [1.54, 1.807) is 20.8 Å². The highest BCUT2D eigenvalue weighted by molar-refractivity contribution is 7.89. The number of rotatable bonds is 3. The first-order chi connectivity index (χ1) is 8.64. The molecule has 0 aliphatic heterocycles. The molecular weight excluding hydrogens is 269 g/mol. The summed E-state index contributed by atoms with van der Waals surface area (Å²) in [5, 5.41) is 9.60. The first-order valence-corrected chi connectivity index (χ1v) is 7.59.